The number of hydrogen-bond acceptors (Lipinski definition) is 4. The second kappa shape index (κ2) is 4.96. The van der Waals surface area contributed by atoms with Gasteiger partial charge in [0.05, 0.1) is 11.8 Å². The Bertz CT molecular complexity index is 525. The summed E-state index contributed by atoms with van der Waals surface area (Å²) < 4.78 is 0.708. The topological polar surface area (TPSA) is 96.7 Å². The van der Waals surface area contributed by atoms with Crippen molar-refractivity contribution in [2.75, 3.05) is 5.73 Å². The zero-order chi connectivity index (χ0) is 12.3. The Balaban J connectivity index is 2.07. The molecule has 0 radical (unpaired) electrons. The van der Waals surface area contributed by atoms with Gasteiger partial charge in [0.25, 0.3) is 5.91 Å². The maximum Gasteiger partial charge on any atom is 0.255 e. The fraction of sp³-hybridized carbons (Fsp3) is 0.100. The second-order valence-electron chi connectivity index (χ2n) is 3.38. The summed E-state index contributed by atoms with van der Waals surface area (Å²) in [7, 11) is 0. The fourth-order valence-corrected chi connectivity index (χ4v) is 1.61. The van der Waals surface area contributed by atoms with Gasteiger partial charge in [0, 0.05) is 29.0 Å². The molecular weight excluding hydrogens is 286 g/mol. The number of nitrogens with zero attached hydrogens (tertiary/aromatic N) is 2. The standard InChI is InChI=1S/C10H10BrN5O/c11-7-1-8(9(12)13-5-7)10(17)14-2-6-3-15-16-4-6/h1,3-5H,2H2,(H2,12,13)(H,14,17)(H,15,16). The van der Waals surface area contributed by atoms with E-state index < -0.39 is 0 Å². The fourth-order valence-electron chi connectivity index (χ4n) is 1.28. The van der Waals surface area contributed by atoms with Crippen molar-refractivity contribution in [2.24, 2.45) is 0 Å². The molecule has 0 saturated heterocycles. The van der Waals surface area contributed by atoms with E-state index in [-0.39, 0.29) is 11.7 Å². The van der Waals surface area contributed by atoms with E-state index in [0.717, 1.165) is 5.56 Å². The average molecular weight is 296 g/mol. The first-order valence-corrected chi connectivity index (χ1v) is 5.63. The van der Waals surface area contributed by atoms with Crippen LogP contribution >= 0.6 is 15.9 Å². The number of aromatic nitrogens is 3. The summed E-state index contributed by atoms with van der Waals surface area (Å²) in [6.07, 6.45) is 4.90. The van der Waals surface area contributed by atoms with E-state index in [9.17, 15) is 4.79 Å². The van der Waals surface area contributed by atoms with Gasteiger partial charge in [0.1, 0.15) is 5.82 Å². The lowest BCUT2D eigenvalue weighted by Gasteiger charge is -2.06. The molecule has 4 N–H and O–H groups in total. The van der Waals surface area contributed by atoms with Crippen LogP contribution in [0, 0.1) is 0 Å². The van der Waals surface area contributed by atoms with E-state index in [0.29, 0.717) is 16.6 Å². The molecule has 0 aliphatic carbocycles. The van der Waals surface area contributed by atoms with Crippen molar-refractivity contribution in [3.63, 3.8) is 0 Å². The van der Waals surface area contributed by atoms with Crippen LogP contribution in [0.15, 0.2) is 29.1 Å². The first-order valence-electron chi connectivity index (χ1n) is 4.83. The second-order valence-corrected chi connectivity index (χ2v) is 4.29. The highest BCUT2D eigenvalue weighted by Crippen LogP contribution is 2.15. The smallest absolute Gasteiger partial charge is 0.255 e. The zero-order valence-corrected chi connectivity index (χ0v) is 10.4. The van der Waals surface area contributed by atoms with Crippen molar-refractivity contribution >= 4 is 27.7 Å². The number of aromatic amines is 1. The first-order chi connectivity index (χ1) is 8.16. The maximum absolute atomic E-state index is 11.8. The van der Waals surface area contributed by atoms with Crippen LogP contribution in [-0.4, -0.2) is 21.1 Å². The van der Waals surface area contributed by atoms with Gasteiger partial charge >= 0.3 is 0 Å². The molecule has 0 spiro atoms. The molecule has 6 nitrogen and oxygen atoms in total. The zero-order valence-electron chi connectivity index (χ0n) is 8.77. The third-order valence-corrected chi connectivity index (χ3v) is 2.57. The minimum atomic E-state index is -0.266. The van der Waals surface area contributed by atoms with Gasteiger partial charge in [-0.3, -0.25) is 9.89 Å². The van der Waals surface area contributed by atoms with Gasteiger partial charge < -0.3 is 11.1 Å². The molecule has 88 valence electrons. The molecule has 0 aromatic carbocycles. The summed E-state index contributed by atoms with van der Waals surface area (Å²) in [6.45, 7) is 0.390. The number of pyridine rings is 1. The predicted octanol–water partition coefficient (Wildman–Crippen LogP) is 1.08. The molecule has 0 bridgehead atoms. The van der Waals surface area contributed by atoms with E-state index in [4.69, 9.17) is 5.73 Å². The van der Waals surface area contributed by atoms with E-state index in [2.05, 4.69) is 36.4 Å². The van der Waals surface area contributed by atoms with Crippen molar-refractivity contribution in [1.29, 1.82) is 0 Å². The summed E-state index contributed by atoms with van der Waals surface area (Å²) >= 11 is 3.24. The number of hydrogen-bond donors (Lipinski definition) is 3. The Kier molecular flexibility index (Phi) is 3.38. The highest BCUT2D eigenvalue weighted by molar-refractivity contribution is 9.10. The van der Waals surface area contributed by atoms with Crippen LogP contribution in [0.1, 0.15) is 15.9 Å². The summed E-state index contributed by atoms with van der Waals surface area (Å²) in [5.41, 5.74) is 6.87. The van der Waals surface area contributed by atoms with Gasteiger partial charge in [-0.2, -0.15) is 5.10 Å². The monoisotopic (exact) mass is 295 g/mol. The minimum Gasteiger partial charge on any atom is -0.383 e. The number of rotatable bonds is 3. The van der Waals surface area contributed by atoms with Crippen molar-refractivity contribution in [2.45, 2.75) is 6.54 Å². The highest BCUT2D eigenvalue weighted by atomic mass is 79.9. The molecule has 0 atom stereocenters. The highest BCUT2D eigenvalue weighted by Gasteiger charge is 2.11. The van der Waals surface area contributed by atoms with Crippen molar-refractivity contribution < 1.29 is 4.79 Å². The van der Waals surface area contributed by atoms with E-state index in [1.54, 1.807) is 24.7 Å². The van der Waals surface area contributed by atoms with Gasteiger partial charge in [-0.15, -0.1) is 0 Å². The normalized spacial score (nSPS) is 10.2. The van der Waals surface area contributed by atoms with Gasteiger partial charge in [-0.1, -0.05) is 0 Å². The van der Waals surface area contributed by atoms with E-state index >= 15 is 0 Å². The number of carbonyl (C=O) groups is 1. The van der Waals surface area contributed by atoms with Gasteiger partial charge in [-0.05, 0) is 22.0 Å². The Hall–Kier alpha value is -1.89. The molecule has 0 fully saturated rings. The molecule has 17 heavy (non-hydrogen) atoms. The Labute approximate surface area is 106 Å². The molecule has 2 aromatic rings. The van der Waals surface area contributed by atoms with Crippen LogP contribution < -0.4 is 11.1 Å². The van der Waals surface area contributed by atoms with E-state index in [1.807, 2.05) is 0 Å². The molecule has 0 aliphatic rings. The number of halogens is 1. The van der Waals surface area contributed by atoms with Crippen LogP contribution in [0.25, 0.3) is 0 Å². The largest absolute Gasteiger partial charge is 0.383 e. The van der Waals surface area contributed by atoms with Gasteiger partial charge in [0.15, 0.2) is 0 Å². The lowest BCUT2D eigenvalue weighted by atomic mass is 10.2. The van der Waals surface area contributed by atoms with Crippen LogP contribution in [-0.2, 0) is 6.54 Å². The lowest BCUT2D eigenvalue weighted by molar-refractivity contribution is 0.0951. The van der Waals surface area contributed by atoms with Gasteiger partial charge in [-0.25, -0.2) is 4.98 Å². The van der Waals surface area contributed by atoms with Crippen LogP contribution in [0.2, 0.25) is 0 Å². The quantitative estimate of drug-likeness (QED) is 0.789. The number of nitrogens with one attached hydrogen (secondary N) is 2. The molecule has 2 aromatic heterocycles. The van der Waals surface area contributed by atoms with Gasteiger partial charge in [0.2, 0.25) is 0 Å². The van der Waals surface area contributed by atoms with Crippen molar-refractivity contribution in [3.8, 4) is 0 Å². The number of anilines is 1. The Morgan fingerprint density at radius 1 is 1.53 bits per heavy atom. The summed E-state index contributed by atoms with van der Waals surface area (Å²) in [4.78, 5) is 15.7. The van der Waals surface area contributed by atoms with E-state index in [1.165, 1.54) is 0 Å². The minimum absolute atomic E-state index is 0.206. The molecule has 0 saturated carbocycles. The summed E-state index contributed by atoms with van der Waals surface area (Å²) in [6, 6.07) is 1.63. The summed E-state index contributed by atoms with van der Waals surface area (Å²) in [5, 5.41) is 9.18. The number of nitrogens with two attached hydrogens (primary N) is 1. The molecule has 2 heterocycles. The number of nitrogen functional groups attached to an aromatic ring is 1. The molecular formula is C10H10BrN5O. The molecule has 7 heteroatoms. The number of amides is 1. The van der Waals surface area contributed by atoms with Crippen LogP contribution in [0.3, 0.4) is 0 Å². The third kappa shape index (κ3) is 2.82. The van der Waals surface area contributed by atoms with Crippen LogP contribution in [0.4, 0.5) is 5.82 Å². The maximum atomic E-state index is 11.8. The summed E-state index contributed by atoms with van der Waals surface area (Å²) in [5.74, 6) is -0.0598. The van der Waals surface area contributed by atoms with Crippen LogP contribution in [0.5, 0.6) is 0 Å². The van der Waals surface area contributed by atoms with Crippen molar-refractivity contribution in [1.82, 2.24) is 20.5 Å². The lowest BCUT2D eigenvalue weighted by Crippen LogP contribution is -2.24. The third-order valence-electron chi connectivity index (χ3n) is 2.14. The van der Waals surface area contributed by atoms with Crippen molar-refractivity contribution in [3.05, 3.63) is 40.3 Å². The number of H-pyrrole nitrogens is 1. The first kappa shape index (κ1) is 11.6. The Morgan fingerprint density at radius 2 is 2.35 bits per heavy atom. The Morgan fingerprint density at radius 3 is 3.06 bits per heavy atom. The predicted molar refractivity (Wildman–Crippen MR) is 66.1 cm³/mol. The number of carbonyl (C=O) groups excluding carboxylic acids is 1. The average Bonchev–Trinajstić information content (AvgIpc) is 2.82. The SMILES string of the molecule is Nc1ncc(Br)cc1C(=O)NCc1cn[nH]c1. The molecule has 0 aliphatic heterocycles. The molecule has 2 rings (SSSR count). The molecule has 1 amide bonds. The molecule has 0 unspecified atom stereocenters.